The zero-order valence-electron chi connectivity index (χ0n) is 9.20. The molecule has 2 heterocycles. The first-order valence-corrected chi connectivity index (χ1v) is 5.14. The van der Waals surface area contributed by atoms with Crippen LogP contribution in [-0.2, 0) is 9.47 Å². The Balaban J connectivity index is 2.28. The Bertz CT molecular complexity index is 244. The van der Waals surface area contributed by atoms with Crippen molar-refractivity contribution < 1.29 is 14.6 Å². The van der Waals surface area contributed by atoms with Crippen LogP contribution in [0.4, 0.5) is 0 Å². The van der Waals surface area contributed by atoms with Crippen LogP contribution in [0.2, 0.25) is 0 Å². The Hall–Kier alpha value is -0.160. The lowest BCUT2D eigenvalue weighted by atomic mass is 9.84. The van der Waals surface area contributed by atoms with Crippen molar-refractivity contribution in [2.24, 2.45) is 0 Å². The van der Waals surface area contributed by atoms with Crippen molar-refractivity contribution in [3.63, 3.8) is 0 Å². The van der Waals surface area contributed by atoms with Crippen LogP contribution < -0.4 is 5.32 Å². The van der Waals surface area contributed by atoms with Crippen LogP contribution in [0.5, 0.6) is 0 Å². The van der Waals surface area contributed by atoms with E-state index in [0.29, 0.717) is 6.54 Å². The third-order valence-corrected chi connectivity index (χ3v) is 3.28. The largest absolute Gasteiger partial charge is 0.389 e. The zero-order chi connectivity index (χ0) is 10.6. The number of rotatable bonds is 0. The third kappa shape index (κ3) is 1.37. The van der Waals surface area contributed by atoms with E-state index in [1.54, 1.807) is 0 Å². The van der Waals surface area contributed by atoms with Crippen LogP contribution in [0.25, 0.3) is 0 Å². The molecule has 2 aliphatic heterocycles. The molecule has 0 spiro atoms. The summed E-state index contributed by atoms with van der Waals surface area (Å²) in [5.74, 6) is -0.597. The summed E-state index contributed by atoms with van der Waals surface area (Å²) in [5, 5.41) is 13.1. The van der Waals surface area contributed by atoms with Gasteiger partial charge in [0.25, 0.3) is 0 Å². The van der Waals surface area contributed by atoms with E-state index in [2.05, 4.69) is 12.2 Å². The lowest BCUT2D eigenvalue weighted by molar-refractivity contribution is -0.164. The van der Waals surface area contributed by atoms with Crippen LogP contribution >= 0.6 is 0 Å². The van der Waals surface area contributed by atoms with Gasteiger partial charge in [-0.2, -0.15) is 0 Å². The fourth-order valence-corrected chi connectivity index (χ4v) is 2.44. The minimum Gasteiger partial charge on any atom is -0.389 e. The van der Waals surface area contributed by atoms with Crippen molar-refractivity contribution in [3.8, 4) is 0 Å². The van der Waals surface area contributed by atoms with Gasteiger partial charge in [-0.25, -0.2) is 0 Å². The molecule has 2 rings (SSSR count). The second-order valence-corrected chi connectivity index (χ2v) is 4.92. The van der Waals surface area contributed by atoms with Crippen molar-refractivity contribution >= 4 is 0 Å². The third-order valence-electron chi connectivity index (χ3n) is 3.28. The van der Waals surface area contributed by atoms with Gasteiger partial charge in [0.2, 0.25) is 0 Å². The number of ether oxygens (including phenoxy) is 2. The number of hydrogen-bond acceptors (Lipinski definition) is 4. The molecule has 0 unspecified atom stereocenters. The highest BCUT2D eigenvalue weighted by molar-refractivity contribution is 5.06. The van der Waals surface area contributed by atoms with E-state index in [4.69, 9.17) is 9.47 Å². The summed E-state index contributed by atoms with van der Waals surface area (Å²) in [5.41, 5.74) is -0.429. The summed E-state index contributed by atoms with van der Waals surface area (Å²) in [6.45, 7) is 8.39. The molecule has 2 fully saturated rings. The van der Waals surface area contributed by atoms with Crippen LogP contribution in [0.3, 0.4) is 0 Å². The number of β-amino-alcohol motifs (C(OH)–C–C–N with tert-alkyl or cyclic N) is 1. The lowest BCUT2D eigenvalue weighted by Gasteiger charge is -2.42. The number of aliphatic hydroxyl groups is 1. The number of fused-ring (bicyclic) bond motifs is 1. The Morgan fingerprint density at radius 3 is 2.57 bits per heavy atom. The first kappa shape index (κ1) is 10.4. The first-order chi connectivity index (χ1) is 6.35. The summed E-state index contributed by atoms with van der Waals surface area (Å²) in [7, 11) is 0. The molecule has 0 aromatic heterocycles. The Morgan fingerprint density at radius 2 is 2.00 bits per heavy atom. The fraction of sp³-hybridized carbons (Fsp3) is 1.00. The molecule has 2 N–H and O–H groups in total. The van der Waals surface area contributed by atoms with Gasteiger partial charge in [0.1, 0.15) is 11.7 Å². The van der Waals surface area contributed by atoms with E-state index < -0.39 is 17.5 Å². The van der Waals surface area contributed by atoms with Gasteiger partial charge in [-0.05, 0) is 27.7 Å². The molecule has 0 aromatic rings. The highest BCUT2D eigenvalue weighted by atomic mass is 16.8. The summed E-state index contributed by atoms with van der Waals surface area (Å²) < 4.78 is 11.6. The van der Waals surface area contributed by atoms with E-state index >= 15 is 0 Å². The number of hydrogen-bond donors (Lipinski definition) is 2. The van der Waals surface area contributed by atoms with Crippen LogP contribution in [0, 0.1) is 0 Å². The zero-order valence-corrected chi connectivity index (χ0v) is 9.20. The monoisotopic (exact) mass is 201 g/mol. The van der Waals surface area contributed by atoms with Crippen molar-refractivity contribution in [2.45, 2.75) is 57.3 Å². The predicted molar refractivity (Wildman–Crippen MR) is 51.9 cm³/mol. The van der Waals surface area contributed by atoms with Gasteiger partial charge in [0.15, 0.2) is 5.79 Å². The normalized spacial score (nSPS) is 51.6. The summed E-state index contributed by atoms with van der Waals surface area (Å²) in [6.07, 6.45) is -0.716. The van der Waals surface area contributed by atoms with Crippen molar-refractivity contribution in [2.75, 3.05) is 6.54 Å². The molecule has 4 heteroatoms. The second kappa shape index (κ2) is 2.92. The average Bonchev–Trinajstić information content (AvgIpc) is 2.31. The molecule has 0 aliphatic carbocycles. The van der Waals surface area contributed by atoms with Gasteiger partial charge in [-0.1, -0.05) is 0 Å². The average molecular weight is 201 g/mol. The molecule has 0 bridgehead atoms. The van der Waals surface area contributed by atoms with Gasteiger partial charge < -0.3 is 19.9 Å². The number of aliphatic hydroxyl groups excluding tert-OH is 1. The summed E-state index contributed by atoms with van der Waals surface area (Å²) in [6, 6.07) is 0.192. The van der Waals surface area contributed by atoms with Gasteiger partial charge in [0, 0.05) is 12.6 Å². The highest BCUT2D eigenvalue weighted by Crippen LogP contribution is 2.41. The standard InChI is InChI=1S/C10H19NO3/c1-6-10(4)8(7(12)5-11-6)13-9(2,3)14-10/h6-8,11-12H,5H2,1-4H3/t6-,7+,8-,10+/m0/s1. The predicted octanol–water partition coefficient (Wildman–Crippen LogP) is 0.249. The Kier molecular flexibility index (Phi) is 2.16. The minimum absolute atomic E-state index is 0.192. The molecule has 82 valence electrons. The van der Waals surface area contributed by atoms with Crippen molar-refractivity contribution in [3.05, 3.63) is 0 Å². The smallest absolute Gasteiger partial charge is 0.164 e. The second-order valence-electron chi connectivity index (χ2n) is 4.92. The summed E-state index contributed by atoms with van der Waals surface area (Å²) in [4.78, 5) is 0. The highest BCUT2D eigenvalue weighted by Gasteiger charge is 2.57. The molecule has 0 amide bonds. The van der Waals surface area contributed by atoms with E-state index in [-0.39, 0.29) is 12.1 Å². The quantitative estimate of drug-likeness (QED) is 0.590. The SMILES string of the molecule is C[C@@H]1NC[C@@H](O)[C@@H]2OC(C)(C)O[C@]12C. The topological polar surface area (TPSA) is 50.7 Å². The maximum Gasteiger partial charge on any atom is 0.164 e. The molecule has 2 saturated heterocycles. The minimum atomic E-state index is -0.597. The van der Waals surface area contributed by atoms with Crippen LogP contribution in [0.1, 0.15) is 27.7 Å². The van der Waals surface area contributed by atoms with Gasteiger partial charge in [0.05, 0.1) is 6.10 Å². The lowest BCUT2D eigenvalue weighted by Crippen LogP contribution is -2.64. The molecular formula is C10H19NO3. The molecule has 4 atom stereocenters. The maximum absolute atomic E-state index is 9.83. The Labute approximate surface area is 84.6 Å². The van der Waals surface area contributed by atoms with Crippen molar-refractivity contribution in [1.29, 1.82) is 0 Å². The molecule has 0 radical (unpaired) electrons. The number of nitrogens with one attached hydrogen (secondary N) is 1. The molecular weight excluding hydrogens is 182 g/mol. The Morgan fingerprint density at radius 1 is 1.36 bits per heavy atom. The van der Waals surface area contributed by atoms with Crippen LogP contribution in [0.15, 0.2) is 0 Å². The molecule has 4 nitrogen and oxygen atoms in total. The van der Waals surface area contributed by atoms with E-state index in [0.717, 1.165) is 0 Å². The summed E-state index contributed by atoms with van der Waals surface area (Å²) >= 11 is 0. The van der Waals surface area contributed by atoms with Crippen LogP contribution in [-0.4, -0.2) is 41.3 Å². The van der Waals surface area contributed by atoms with E-state index in [1.807, 2.05) is 20.8 Å². The van der Waals surface area contributed by atoms with Gasteiger partial charge >= 0.3 is 0 Å². The first-order valence-electron chi connectivity index (χ1n) is 5.14. The van der Waals surface area contributed by atoms with Crippen molar-refractivity contribution in [1.82, 2.24) is 5.32 Å². The molecule has 0 aromatic carbocycles. The maximum atomic E-state index is 9.83. The van der Waals surface area contributed by atoms with E-state index in [1.165, 1.54) is 0 Å². The fourth-order valence-electron chi connectivity index (χ4n) is 2.44. The van der Waals surface area contributed by atoms with E-state index in [9.17, 15) is 5.11 Å². The molecule has 14 heavy (non-hydrogen) atoms. The van der Waals surface area contributed by atoms with Gasteiger partial charge in [-0.15, -0.1) is 0 Å². The molecule has 0 saturated carbocycles. The number of piperidine rings is 1. The van der Waals surface area contributed by atoms with Gasteiger partial charge in [-0.3, -0.25) is 0 Å². The molecule has 2 aliphatic rings.